The third-order valence-corrected chi connectivity index (χ3v) is 6.65. The van der Waals surface area contributed by atoms with Gasteiger partial charge in [0.05, 0.1) is 0 Å². The molecule has 0 amide bonds. The van der Waals surface area contributed by atoms with Gasteiger partial charge in [-0.25, -0.2) is 0 Å². The van der Waals surface area contributed by atoms with Crippen molar-refractivity contribution in [3.63, 3.8) is 0 Å². The molecule has 0 aliphatic carbocycles. The molecule has 0 saturated carbocycles. The van der Waals surface area contributed by atoms with Crippen molar-refractivity contribution in [3.05, 3.63) is 29.8 Å². The van der Waals surface area contributed by atoms with Gasteiger partial charge in [0, 0.05) is 0 Å². The molecule has 0 unspecified atom stereocenters. The molecule has 31 heavy (non-hydrogen) atoms. The Morgan fingerprint density at radius 3 is 1.84 bits per heavy atom. The zero-order chi connectivity index (χ0) is 23.1. The molecule has 0 spiro atoms. The monoisotopic (exact) mass is 502 g/mol. The summed E-state index contributed by atoms with van der Waals surface area (Å²) in [4.78, 5) is 46.7. The first-order valence-corrected chi connectivity index (χ1v) is 11.4. The van der Waals surface area contributed by atoms with Gasteiger partial charge in [0.25, 0.3) is 0 Å². The third kappa shape index (κ3) is 7.65. The summed E-state index contributed by atoms with van der Waals surface area (Å²) in [5, 5.41) is -0.684. The molecule has 1 aromatic carbocycles. The molecule has 0 aromatic heterocycles. The second-order valence-electron chi connectivity index (χ2n) is 7.00. The Hall–Kier alpha value is -2.42. The van der Waals surface area contributed by atoms with Crippen molar-refractivity contribution in [1.29, 1.82) is 0 Å². The summed E-state index contributed by atoms with van der Waals surface area (Å²) in [6.45, 7) is 6.60. The van der Waals surface area contributed by atoms with E-state index < -0.39 is 53.3 Å². The van der Waals surface area contributed by atoms with Crippen LogP contribution in [-0.4, -0.2) is 74.9 Å². The topological polar surface area (TPSA) is 114 Å². The fraction of sp³-hybridized carbons (Fsp3) is 0.524. The first-order chi connectivity index (χ1) is 14.6. The molecule has 0 N–H and O–H groups in total. The average Bonchev–Trinajstić information content (AvgIpc) is 2.65. The summed E-state index contributed by atoms with van der Waals surface area (Å²) in [5.74, 6) is -2.44. The van der Waals surface area contributed by atoms with E-state index >= 15 is 0 Å². The number of ether oxygens (including phenoxy) is 5. The summed E-state index contributed by atoms with van der Waals surface area (Å²) in [5.41, 5.74) is 1.08. The van der Waals surface area contributed by atoms with Crippen LogP contribution < -0.4 is 4.46 Å². The van der Waals surface area contributed by atoms with Gasteiger partial charge in [-0.15, -0.1) is 0 Å². The standard InChI is InChI=1S/C21H26O9Se/c1-11-6-8-16(9-7-11)31-21-20(29-15(5)25)19(28-14(4)24)18(27-13(3)23)17(30-21)10-26-12(2)22/h6-9,17-21H,10H2,1-5H3/t17-,18-,19+,20-,21-/m1/s1. The fourth-order valence-electron chi connectivity index (χ4n) is 3.03. The van der Waals surface area contributed by atoms with Gasteiger partial charge in [0.15, 0.2) is 0 Å². The molecule has 1 aliphatic heterocycles. The fourth-order valence-corrected chi connectivity index (χ4v) is 5.35. The van der Waals surface area contributed by atoms with Gasteiger partial charge in [0.1, 0.15) is 0 Å². The van der Waals surface area contributed by atoms with Crippen LogP contribution >= 0.6 is 0 Å². The summed E-state index contributed by atoms with van der Waals surface area (Å²) in [6.07, 6.45) is -4.19. The van der Waals surface area contributed by atoms with E-state index in [1.165, 1.54) is 27.7 Å². The molecular formula is C21H26O9Se. The molecule has 0 bridgehead atoms. The van der Waals surface area contributed by atoms with E-state index in [0.717, 1.165) is 10.0 Å². The molecule has 5 atom stereocenters. The van der Waals surface area contributed by atoms with Crippen LogP contribution in [-0.2, 0) is 42.9 Å². The maximum absolute atomic E-state index is 11.8. The Balaban J connectivity index is 2.43. The molecule has 1 saturated heterocycles. The molecule has 0 radical (unpaired) electrons. The van der Waals surface area contributed by atoms with E-state index in [1.54, 1.807) is 0 Å². The molecule has 10 heteroatoms. The Kier molecular flexibility index (Phi) is 9.03. The third-order valence-electron chi connectivity index (χ3n) is 4.22. The van der Waals surface area contributed by atoms with Crippen LogP contribution in [0.5, 0.6) is 0 Å². The number of carbonyl (C=O) groups excluding carboxylic acids is 4. The van der Waals surface area contributed by atoms with Gasteiger partial charge in [-0.3, -0.25) is 0 Å². The van der Waals surface area contributed by atoms with Crippen molar-refractivity contribution in [3.8, 4) is 0 Å². The van der Waals surface area contributed by atoms with Gasteiger partial charge in [-0.2, -0.15) is 0 Å². The van der Waals surface area contributed by atoms with E-state index in [1.807, 2.05) is 31.2 Å². The number of hydrogen-bond donors (Lipinski definition) is 0. The van der Waals surface area contributed by atoms with Crippen LogP contribution in [0.15, 0.2) is 24.3 Å². The second-order valence-corrected chi connectivity index (χ2v) is 9.46. The predicted molar refractivity (Wildman–Crippen MR) is 109 cm³/mol. The number of benzene rings is 1. The Morgan fingerprint density at radius 1 is 0.806 bits per heavy atom. The number of carbonyl (C=O) groups is 4. The van der Waals surface area contributed by atoms with E-state index in [9.17, 15) is 19.2 Å². The molecule has 2 rings (SSSR count). The van der Waals surface area contributed by atoms with Crippen LogP contribution in [0, 0.1) is 6.92 Å². The van der Waals surface area contributed by atoms with Crippen LogP contribution in [0.1, 0.15) is 33.3 Å². The van der Waals surface area contributed by atoms with Crippen LogP contribution in [0.25, 0.3) is 0 Å². The zero-order valence-corrected chi connectivity index (χ0v) is 19.7. The molecular weight excluding hydrogens is 475 g/mol. The molecule has 9 nitrogen and oxygen atoms in total. The average molecular weight is 501 g/mol. The molecule has 170 valence electrons. The van der Waals surface area contributed by atoms with Crippen LogP contribution in [0.4, 0.5) is 0 Å². The van der Waals surface area contributed by atoms with Crippen molar-refractivity contribution in [1.82, 2.24) is 0 Å². The van der Waals surface area contributed by atoms with Gasteiger partial charge in [0.2, 0.25) is 0 Å². The first kappa shape index (κ1) is 24.8. The minimum atomic E-state index is -1.13. The van der Waals surface area contributed by atoms with Crippen LogP contribution in [0.3, 0.4) is 0 Å². The molecule has 1 fully saturated rings. The maximum atomic E-state index is 11.8. The molecule has 1 heterocycles. The summed E-state index contributed by atoms with van der Waals surface area (Å²) in [6, 6.07) is 7.76. The summed E-state index contributed by atoms with van der Waals surface area (Å²) >= 11 is -0.373. The molecule has 1 aliphatic rings. The summed E-state index contributed by atoms with van der Waals surface area (Å²) < 4.78 is 28.4. The normalized spacial score (nSPS) is 25.3. The van der Waals surface area contributed by atoms with Gasteiger partial charge in [-0.05, 0) is 0 Å². The Bertz CT molecular complexity index is 808. The number of hydrogen-bond acceptors (Lipinski definition) is 9. The van der Waals surface area contributed by atoms with E-state index in [-0.39, 0.29) is 21.6 Å². The molecule has 1 aromatic rings. The van der Waals surface area contributed by atoms with Crippen molar-refractivity contribution in [2.24, 2.45) is 0 Å². The van der Waals surface area contributed by atoms with Gasteiger partial charge in [-0.1, -0.05) is 0 Å². The van der Waals surface area contributed by atoms with E-state index in [0.29, 0.717) is 0 Å². The second kappa shape index (κ2) is 11.3. The predicted octanol–water partition coefficient (Wildman–Crippen LogP) is 0.408. The van der Waals surface area contributed by atoms with Crippen molar-refractivity contribution in [2.75, 3.05) is 6.61 Å². The van der Waals surface area contributed by atoms with Gasteiger partial charge >= 0.3 is 187 Å². The van der Waals surface area contributed by atoms with Crippen molar-refractivity contribution < 1.29 is 42.9 Å². The zero-order valence-electron chi connectivity index (χ0n) is 18.0. The summed E-state index contributed by atoms with van der Waals surface area (Å²) in [7, 11) is 0. The number of rotatable bonds is 7. The quantitative estimate of drug-likeness (QED) is 0.298. The Labute approximate surface area is 186 Å². The van der Waals surface area contributed by atoms with Crippen molar-refractivity contribution in [2.45, 2.75) is 64.0 Å². The van der Waals surface area contributed by atoms with Crippen LogP contribution in [0.2, 0.25) is 0 Å². The van der Waals surface area contributed by atoms with E-state index in [4.69, 9.17) is 23.7 Å². The minimum absolute atomic E-state index is 0.224. The first-order valence-electron chi connectivity index (χ1n) is 9.60. The number of aryl methyl sites for hydroxylation is 1. The van der Waals surface area contributed by atoms with Crippen molar-refractivity contribution >= 4 is 43.3 Å². The van der Waals surface area contributed by atoms with Gasteiger partial charge < -0.3 is 0 Å². The number of esters is 4. The van der Waals surface area contributed by atoms with E-state index in [2.05, 4.69) is 0 Å². The Morgan fingerprint density at radius 2 is 1.32 bits per heavy atom. The SMILES string of the molecule is CC(=O)OC[C@H]1O[C@H]([Se]c2ccc(C)cc2)[C@H](OC(C)=O)[C@@H](OC(C)=O)[C@@H]1OC(C)=O.